The van der Waals surface area contributed by atoms with Crippen LogP contribution in [-0.4, -0.2) is 74.5 Å². The number of rotatable bonds is 2. The number of β-lactam (4-membered cyclic amide) rings is 1. The van der Waals surface area contributed by atoms with E-state index < -0.39 is 46.7 Å². The molecule has 1 N–H and O–H groups in total. The van der Waals surface area contributed by atoms with Gasteiger partial charge < -0.3 is 14.7 Å². The summed E-state index contributed by atoms with van der Waals surface area (Å²) in [6, 6.07) is 4.25. The summed E-state index contributed by atoms with van der Waals surface area (Å²) in [6.07, 6.45) is 0. The van der Waals surface area contributed by atoms with Gasteiger partial charge >= 0.3 is 5.97 Å². The summed E-state index contributed by atoms with van der Waals surface area (Å²) in [7, 11) is 1.18. The molecule has 2 fully saturated rings. The average molecular weight is 376 g/mol. The Kier molecular flexibility index (Phi) is 3.64. The van der Waals surface area contributed by atoms with Crippen molar-refractivity contribution in [3.05, 3.63) is 35.4 Å². The van der Waals surface area contributed by atoms with Crippen molar-refractivity contribution in [3.63, 3.8) is 0 Å². The Morgan fingerprint density at radius 1 is 1.23 bits per heavy atom. The van der Waals surface area contributed by atoms with Crippen molar-refractivity contribution in [1.29, 1.82) is 0 Å². The van der Waals surface area contributed by atoms with Crippen molar-refractivity contribution in [3.8, 4) is 0 Å². The molecule has 3 heterocycles. The summed E-state index contributed by atoms with van der Waals surface area (Å²) in [5, 5.41) is 9.92. The molecular weight excluding hydrogens is 360 g/mol. The normalized spacial score (nSPS) is 32.9. The Morgan fingerprint density at radius 2 is 1.81 bits per heavy atom. The minimum Gasteiger partial charge on any atom is -0.467 e. The predicted octanol–water partition coefficient (Wildman–Crippen LogP) is -0.141. The van der Waals surface area contributed by atoms with Gasteiger partial charge in [0.1, 0.15) is 17.0 Å². The van der Waals surface area contributed by atoms with Gasteiger partial charge in [-0.3, -0.25) is 19.3 Å². The molecule has 3 aliphatic rings. The van der Waals surface area contributed by atoms with E-state index in [9.17, 15) is 24.3 Å². The molecule has 4 rings (SSSR count). The number of fused-ring (bicyclic) bond motifs is 2. The minimum absolute atomic E-state index is 0.168. The van der Waals surface area contributed by atoms with Crippen LogP contribution in [0.4, 0.5) is 0 Å². The van der Waals surface area contributed by atoms with Crippen LogP contribution in [0, 0.1) is 0 Å². The van der Waals surface area contributed by atoms with Crippen LogP contribution in [-0.2, 0) is 14.3 Å². The van der Waals surface area contributed by atoms with E-state index in [4.69, 9.17) is 4.74 Å². The molecule has 8 nitrogen and oxygen atoms in total. The third-order valence-corrected chi connectivity index (χ3v) is 6.57. The van der Waals surface area contributed by atoms with Gasteiger partial charge in [0.25, 0.3) is 17.7 Å². The molecule has 0 aliphatic carbocycles. The first-order valence-corrected chi connectivity index (χ1v) is 9.05. The molecule has 3 aliphatic heterocycles. The van der Waals surface area contributed by atoms with Crippen LogP contribution in [0.5, 0.6) is 0 Å². The molecule has 0 saturated carbocycles. The number of carbonyl (C=O) groups excluding carboxylic acids is 4. The largest absolute Gasteiger partial charge is 0.467 e. The summed E-state index contributed by atoms with van der Waals surface area (Å²) in [5.41, 5.74) is -0.932. The van der Waals surface area contributed by atoms with Gasteiger partial charge in [0.15, 0.2) is 6.04 Å². The van der Waals surface area contributed by atoms with Crippen molar-refractivity contribution >= 4 is 35.5 Å². The first-order valence-electron chi connectivity index (χ1n) is 8.00. The molecule has 1 aromatic rings. The second-order valence-corrected chi connectivity index (χ2v) is 7.81. The number of methoxy groups -OCH3 is 1. The van der Waals surface area contributed by atoms with Gasteiger partial charge in [-0.15, -0.1) is 11.8 Å². The Hall–Kier alpha value is -2.39. The van der Waals surface area contributed by atoms with Gasteiger partial charge in [-0.2, -0.15) is 0 Å². The summed E-state index contributed by atoms with van der Waals surface area (Å²) in [6.45, 7) is 1.46. The quantitative estimate of drug-likeness (QED) is 0.435. The lowest BCUT2D eigenvalue weighted by Gasteiger charge is -2.57. The highest BCUT2D eigenvalue weighted by atomic mass is 32.2. The zero-order chi connectivity index (χ0) is 18.8. The molecule has 2 saturated heterocycles. The number of benzene rings is 1. The molecule has 9 heteroatoms. The van der Waals surface area contributed by atoms with E-state index in [1.807, 2.05) is 0 Å². The molecule has 0 aromatic heterocycles. The number of imide groups is 1. The van der Waals surface area contributed by atoms with Gasteiger partial charge in [0.2, 0.25) is 0 Å². The van der Waals surface area contributed by atoms with Crippen molar-refractivity contribution in [2.24, 2.45) is 0 Å². The molecule has 4 atom stereocenters. The predicted molar refractivity (Wildman–Crippen MR) is 90.2 cm³/mol. The maximum Gasteiger partial charge on any atom is 0.331 e. The van der Waals surface area contributed by atoms with E-state index in [0.717, 1.165) is 4.90 Å². The third-order valence-electron chi connectivity index (χ3n) is 4.99. The first kappa shape index (κ1) is 17.0. The lowest BCUT2D eigenvalue weighted by molar-refractivity contribution is -0.178. The number of hydrogen-bond acceptors (Lipinski definition) is 7. The van der Waals surface area contributed by atoms with Gasteiger partial charge in [-0.1, -0.05) is 12.1 Å². The standard InChI is InChI=1S/C17H16N2O6S/c1-17(24)7-26-15-10(14(22)19(15)11(17)16(23)25-2)18-12(20)8-5-3-4-6-9(8)13(18)21/h3-6,10-11,15,24H,7H2,1-2H3/t10?,11?,15-,17?/m0/s1. The number of esters is 1. The highest BCUT2D eigenvalue weighted by Crippen LogP contribution is 2.45. The second kappa shape index (κ2) is 5.55. The summed E-state index contributed by atoms with van der Waals surface area (Å²) in [4.78, 5) is 52.4. The molecule has 0 spiro atoms. The van der Waals surface area contributed by atoms with Gasteiger partial charge in [-0.25, -0.2) is 4.79 Å². The fraction of sp³-hybridized carbons (Fsp3) is 0.412. The van der Waals surface area contributed by atoms with Crippen LogP contribution in [0.15, 0.2) is 24.3 Å². The zero-order valence-electron chi connectivity index (χ0n) is 14.0. The van der Waals surface area contributed by atoms with E-state index >= 15 is 0 Å². The van der Waals surface area contributed by atoms with Crippen molar-refractivity contribution in [2.45, 2.75) is 30.0 Å². The molecule has 0 bridgehead atoms. The highest BCUT2D eigenvalue weighted by molar-refractivity contribution is 8.00. The Balaban J connectivity index is 1.66. The summed E-state index contributed by atoms with van der Waals surface area (Å²) in [5.74, 6) is -2.14. The summed E-state index contributed by atoms with van der Waals surface area (Å²) < 4.78 is 4.73. The van der Waals surface area contributed by atoms with Crippen LogP contribution in [0.3, 0.4) is 0 Å². The number of ether oxygens (including phenoxy) is 1. The lowest BCUT2D eigenvalue weighted by atomic mass is 9.90. The zero-order valence-corrected chi connectivity index (χ0v) is 14.9. The number of carbonyl (C=O) groups is 4. The second-order valence-electron chi connectivity index (χ2n) is 6.70. The number of nitrogens with zero attached hydrogens (tertiary/aromatic N) is 2. The maximum atomic E-state index is 12.8. The van der Waals surface area contributed by atoms with Gasteiger partial charge in [0.05, 0.1) is 18.2 Å². The number of hydrogen-bond donors (Lipinski definition) is 1. The van der Waals surface area contributed by atoms with Crippen LogP contribution >= 0.6 is 11.8 Å². The molecule has 1 aromatic carbocycles. The van der Waals surface area contributed by atoms with E-state index in [0.29, 0.717) is 0 Å². The van der Waals surface area contributed by atoms with E-state index in [1.54, 1.807) is 24.3 Å². The number of aliphatic hydroxyl groups is 1. The van der Waals surface area contributed by atoms with Crippen LogP contribution < -0.4 is 0 Å². The van der Waals surface area contributed by atoms with Gasteiger partial charge in [-0.05, 0) is 19.1 Å². The van der Waals surface area contributed by atoms with Crippen LogP contribution in [0.1, 0.15) is 27.6 Å². The fourth-order valence-corrected chi connectivity index (χ4v) is 5.20. The fourth-order valence-electron chi connectivity index (χ4n) is 3.73. The Labute approximate surface area is 153 Å². The van der Waals surface area contributed by atoms with E-state index in [1.165, 1.54) is 30.7 Å². The van der Waals surface area contributed by atoms with Gasteiger partial charge in [0, 0.05) is 5.75 Å². The minimum atomic E-state index is -1.46. The highest BCUT2D eigenvalue weighted by Gasteiger charge is 2.65. The Bertz CT molecular complexity index is 818. The number of thioether (sulfide) groups is 1. The van der Waals surface area contributed by atoms with E-state index in [2.05, 4.69) is 0 Å². The van der Waals surface area contributed by atoms with Crippen molar-refractivity contribution < 1.29 is 29.0 Å². The average Bonchev–Trinajstić information content (AvgIpc) is 2.86. The monoisotopic (exact) mass is 376 g/mol. The molecule has 0 radical (unpaired) electrons. The molecular formula is C17H16N2O6S. The lowest BCUT2D eigenvalue weighted by Crippen LogP contribution is -2.79. The van der Waals surface area contributed by atoms with E-state index in [-0.39, 0.29) is 16.9 Å². The van der Waals surface area contributed by atoms with Crippen molar-refractivity contribution in [2.75, 3.05) is 12.9 Å². The molecule has 3 amide bonds. The van der Waals surface area contributed by atoms with Crippen molar-refractivity contribution in [1.82, 2.24) is 9.80 Å². The van der Waals surface area contributed by atoms with Crippen LogP contribution in [0.2, 0.25) is 0 Å². The summed E-state index contributed by atoms with van der Waals surface area (Å²) >= 11 is 1.23. The van der Waals surface area contributed by atoms with Crippen LogP contribution in [0.25, 0.3) is 0 Å². The Morgan fingerprint density at radius 3 is 2.35 bits per heavy atom. The molecule has 26 heavy (non-hydrogen) atoms. The number of amides is 3. The molecule has 136 valence electrons. The molecule has 3 unspecified atom stereocenters. The smallest absolute Gasteiger partial charge is 0.331 e. The SMILES string of the molecule is COC(=O)C1N2C(=O)C(N3C(=O)c4ccccc4C3=O)[C@@H]2SCC1(C)O. The third kappa shape index (κ3) is 2.07. The first-order chi connectivity index (χ1) is 12.3. The topological polar surface area (TPSA) is 104 Å². The maximum absolute atomic E-state index is 12.8.